The van der Waals surface area contributed by atoms with Gasteiger partial charge in [0, 0.05) is 18.8 Å². The van der Waals surface area contributed by atoms with Crippen LogP contribution in [0.1, 0.15) is 5.56 Å². The van der Waals surface area contributed by atoms with E-state index in [-0.39, 0.29) is 0 Å². The smallest absolute Gasteiger partial charge is 0.210 e. The number of hydrogen-bond acceptors (Lipinski definition) is 0. The molecule has 0 fully saturated rings. The number of rotatable bonds is 1. The molecule has 2 heteroatoms. The quantitative estimate of drug-likeness (QED) is 0.539. The molecule has 1 aromatic rings. The van der Waals surface area contributed by atoms with Crippen molar-refractivity contribution in [2.24, 2.45) is 7.05 Å². The second-order valence-electron chi connectivity index (χ2n) is 3.95. The first-order valence-corrected chi connectivity index (χ1v) is 3.87. The van der Waals surface area contributed by atoms with Gasteiger partial charge < -0.3 is 4.57 Å². The number of aryl methyl sites for hydroxylation is 2. The molecule has 0 radical (unpaired) electrons. The van der Waals surface area contributed by atoms with Crippen LogP contribution in [0.5, 0.6) is 0 Å². The van der Waals surface area contributed by atoms with Gasteiger partial charge in [-0.2, -0.15) is 0 Å². The van der Waals surface area contributed by atoms with Crippen LogP contribution in [0.4, 0.5) is 5.82 Å². The summed E-state index contributed by atoms with van der Waals surface area (Å²) < 4.78 is 3.06. The van der Waals surface area contributed by atoms with Crippen LogP contribution in [-0.4, -0.2) is 25.7 Å². The molecule has 0 aromatic carbocycles. The zero-order valence-corrected chi connectivity index (χ0v) is 8.05. The zero-order valence-electron chi connectivity index (χ0n) is 8.05. The van der Waals surface area contributed by atoms with E-state index in [1.807, 2.05) is 0 Å². The Bertz CT molecular complexity index is 234. The standard InChI is InChI=1S/C9H17N2/c1-8-6-7-10(2)9(8)11(3,4)5/h6-7H,1-5H3/q+1. The summed E-state index contributed by atoms with van der Waals surface area (Å²) in [5.74, 6) is 1.37. The second-order valence-corrected chi connectivity index (χ2v) is 3.95. The maximum atomic E-state index is 2.18. The summed E-state index contributed by atoms with van der Waals surface area (Å²) in [4.78, 5) is 0. The topological polar surface area (TPSA) is 4.93 Å². The fourth-order valence-electron chi connectivity index (χ4n) is 1.65. The molecule has 1 aromatic heterocycles. The average molecular weight is 153 g/mol. The number of hydrogen-bond donors (Lipinski definition) is 0. The molecule has 0 bridgehead atoms. The van der Waals surface area contributed by atoms with Crippen molar-refractivity contribution in [2.75, 3.05) is 21.1 Å². The fraction of sp³-hybridized carbons (Fsp3) is 0.556. The molecule has 0 aliphatic heterocycles. The molecule has 0 saturated heterocycles. The Hall–Kier alpha value is -0.760. The third-order valence-corrected chi connectivity index (χ3v) is 1.87. The maximum Gasteiger partial charge on any atom is 0.210 e. The van der Waals surface area contributed by atoms with Gasteiger partial charge in [0.2, 0.25) is 5.82 Å². The van der Waals surface area contributed by atoms with Crippen molar-refractivity contribution < 1.29 is 0 Å². The van der Waals surface area contributed by atoms with Crippen LogP contribution in [0.25, 0.3) is 0 Å². The highest BCUT2D eigenvalue weighted by Gasteiger charge is 2.18. The third-order valence-electron chi connectivity index (χ3n) is 1.87. The molecule has 0 N–H and O–H groups in total. The minimum Gasteiger partial charge on any atom is -0.307 e. The van der Waals surface area contributed by atoms with Crippen LogP contribution in [-0.2, 0) is 7.05 Å². The Morgan fingerprint density at radius 2 is 1.82 bits per heavy atom. The van der Waals surface area contributed by atoms with Gasteiger partial charge in [0.05, 0.1) is 21.1 Å². The van der Waals surface area contributed by atoms with E-state index >= 15 is 0 Å². The van der Waals surface area contributed by atoms with E-state index < -0.39 is 0 Å². The molecule has 0 unspecified atom stereocenters. The Balaban J connectivity index is 3.21. The zero-order chi connectivity index (χ0) is 8.65. The molecular formula is C9H17N2+. The number of nitrogens with zero attached hydrogens (tertiary/aromatic N) is 2. The largest absolute Gasteiger partial charge is 0.307 e. The van der Waals surface area contributed by atoms with Crippen molar-refractivity contribution in [3.8, 4) is 0 Å². The predicted molar refractivity (Wildman–Crippen MR) is 49.7 cm³/mol. The normalized spacial score (nSPS) is 12.1. The molecule has 62 valence electrons. The highest BCUT2D eigenvalue weighted by atomic mass is 15.4. The van der Waals surface area contributed by atoms with Crippen LogP contribution < -0.4 is 4.48 Å². The molecular weight excluding hydrogens is 136 g/mol. The lowest BCUT2D eigenvalue weighted by atomic mass is 10.3. The van der Waals surface area contributed by atoms with E-state index in [9.17, 15) is 0 Å². The summed E-state index contributed by atoms with van der Waals surface area (Å²) in [6.45, 7) is 2.15. The minimum absolute atomic E-state index is 0.884. The average Bonchev–Trinajstić information content (AvgIpc) is 2.08. The van der Waals surface area contributed by atoms with Gasteiger partial charge >= 0.3 is 0 Å². The van der Waals surface area contributed by atoms with Crippen LogP contribution in [0.15, 0.2) is 12.3 Å². The van der Waals surface area contributed by atoms with Gasteiger partial charge in [0.25, 0.3) is 0 Å². The molecule has 0 aliphatic rings. The Morgan fingerprint density at radius 3 is 2.00 bits per heavy atom. The summed E-state index contributed by atoms with van der Waals surface area (Å²) in [6.07, 6.45) is 2.11. The third kappa shape index (κ3) is 1.46. The Kier molecular flexibility index (Phi) is 1.80. The van der Waals surface area contributed by atoms with Gasteiger partial charge in [-0.3, -0.25) is 4.48 Å². The highest BCUT2D eigenvalue weighted by Crippen LogP contribution is 2.21. The maximum absolute atomic E-state index is 2.18. The SMILES string of the molecule is Cc1ccn(C)c1[N+](C)(C)C. The lowest BCUT2D eigenvalue weighted by molar-refractivity contribution is 0.457. The minimum atomic E-state index is 0.884. The van der Waals surface area contributed by atoms with Gasteiger partial charge in [0.1, 0.15) is 0 Å². The second kappa shape index (κ2) is 2.38. The number of aromatic nitrogens is 1. The van der Waals surface area contributed by atoms with Crippen molar-refractivity contribution in [1.82, 2.24) is 9.05 Å². The summed E-state index contributed by atoms with van der Waals surface area (Å²) >= 11 is 0. The monoisotopic (exact) mass is 153 g/mol. The van der Waals surface area contributed by atoms with Crippen LogP contribution in [0.3, 0.4) is 0 Å². The summed E-state index contributed by atoms with van der Waals surface area (Å²) in [7, 11) is 8.64. The number of quaternary nitrogens is 1. The van der Waals surface area contributed by atoms with Crippen LogP contribution in [0, 0.1) is 6.92 Å². The molecule has 0 aliphatic carbocycles. The van der Waals surface area contributed by atoms with Gasteiger partial charge in [-0.15, -0.1) is 0 Å². The van der Waals surface area contributed by atoms with Crippen molar-refractivity contribution in [1.29, 1.82) is 0 Å². The Morgan fingerprint density at radius 1 is 1.27 bits per heavy atom. The highest BCUT2D eigenvalue weighted by molar-refractivity contribution is 5.43. The van der Waals surface area contributed by atoms with Crippen LogP contribution in [0.2, 0.25) is 0 Å². The molecule has 0 amide bonds. The molecule has 1 heterocycles. The first kappa shape index (κ1) is 8.34. The molecule has 1 rings (SSSR count). The summed E-state index contributed by atoms with van der Waals surface area (Å²) in [6, 6.07) is 2.15. The Labute approximate surface area is 68.6 Å². The van der Waals surface area contributed by atoms with Gasteiger partial charge in [-0.25, -0.2) is 0 Å². The van der Waals surface area contributed by atoms with Crippen molar-refractivity contribution >= 4 is 5.82 Å². The van der Waals surface area contributed by atoms with E-state index in [1.54, 1.807) is 0 Å². The van der Waals surface area contributed by atoms with Gasteiger partial charge in [-0.05, 0) is 13.0 Å². The predicted octanol–water partition coefficient (Wildman–Crippen LogP) is 1.53. The molecule has 0 spiro atoms. The first-order valence-electron chi connectivity index (χ1n) is 3.87. The molecule has 0 atom stereocenters. The lowest BCUT2D eigenvalue weighted by Crippen LogP contribution is -2.37. The van der Waals surface area contributed by atoms with Crippen molar-refractivity contribution in [2.45, 2.75) is 6.92 Å². The molecule has 0 saturated carbocycles. The van der Waals surface area contributed by atoms with E-state index in [0.717, 1.165) is 4.48 Å². The first-order chi connectivity index (χ1) is 4.93. The lowest BCUT2D eigenvalue weighted by Gasteiger charge is -2.24. The van der Waals surface area contributed by atoms with Crippen molar-refractivity contribution in [3.63, 3.8) is 0 Å². The van der Waals surface area contributed by atoms with Crippen LogP contribution >= 0.6 is 0 Å². The van der Waals surface area contributed by atoms with E-state index in [4.69, 9.17) is 0 Å². The fourth-order valence-corrected chi connectivity index (χ4v) is 1.65. The van der Waals surface area contributed by atoms with E-state index in [1.165, 1.54) is 11.4 Å². The molecule has 2 nitrogen and oxygen atoms in total. The van der Waals surface area contributed by atoms with E-state index in [2.05, 4.69) is 51.9 Å². The summed E-state index contributed by atoms with van der Waals surface area (Å²) in [5, 5.41) is 0. The van der Waals surface area contributed by atoms with Gasteiger partial charge in [-0.1, -0.05) is 0 Å². The van der Waals surface area contributed by atoms with Gasteiger partial charge in [0.15, 0.2) is 0 Å². The molecule has 11 heavy (non-hydrogen) atoms. The van der Waals surface area contributed by atoms with E-state index in [0.29, 0.717) is 0 Å². The van der Waals surface area contributed by atoms with Crippen molar-refractivity contribution in [3.05, 3.63) is 17.8 Å². The summed E-state index contributed by atoms with van der Waals surface area (Å²) in [5.41, 5.74) is 1.36.